The fourth-order valence-corrected chi connectivity index (χ4v) is 4.52. The van der Waals surface area contributed by atoms with Gasteiger partial charge in [0, 0.05) is 62.0 Å². The van der Waals surface area contributed by atoms with Gasteiger partial charge >= 0.3 is 0 Å². The molecule has 0 saturated carbocycles. The summed E-state index contributed by atoms with van der Waals surface area (Å²) in [7, 11) is 0. The third-order valence-corrected chi connectivity index (χ3v) is 6.44. The number of carbonyl (C=O) groups is 2. The molecule has 0 N–H and O–H groups in total. The van der Waals surface area contributed by atoms with E-state index in [0.29, 0.717) is 48.9 Å². The molecular formula is C24H27ClFN3O2. The third kappa shape index (κ3) is 5.25. The minimum Gasteiger partial charge on any atom is -0.340 e. The van der Waals surface area contributed by atoms with Gasteiger partial charge in [-0.25, -0.2) is 4.39 Å². The van der Waals surface area contributed by atoms with Crippen molar-refractivity contribution < 1.29 is 14.0 Å². The van der Waals surface area contributed by atoms with Crippen molar-refractivity contribution in [3.05, 3.63) is 70.5 Å². The number of nitrogens with zero attached hydrogens (tertiary/aromatic N) is 3. The van der Waals surface area contributed by atoms with Crippen molar-refractivity contribution >= 4 is 23.4 Å². The minimum absolute atomic E-state index is 0.0520. The average Bonchev–Trinajstić information content (AvgIpc) is 2.81. The number of amides is 2. The van der Waals surface area contributed by atoms with E-state index >= 15 is 0 Å². The number of hydrogen-bond acceptors (Lipinski definition) is 3. The highest BCUT2D eigenvalue weighted by Gasteiger charge is 2.33. The Morgan fingerprint density at radius 1 is 0.935 bits per heavy atom. The van der Waals surface area contributed by atoms with Crippen molar-refractivity contribution in [2.24, 2.45) is 5.92 Å². The predicted molar refractivity (Wildman–Crippen MR) is 118 cm³/mol. The topological polar surface area (TPSA) is 43.9 Å². The van der Waals surface area contributed by atoms with Gasteiger partial charge in [0.05, 0.1) is 5.92 Å². The highest BCUT2D eigenvalue weighted by molar-refractivity contribution is 6.30. The van der Waals surface area contributed by atoms with Gasteiger partial charge in [0.15, 0.2) is 0 Å². The zero-order chi connectivity index (χ0) is 21.8. The molecule has 0 spiro atoms. The van der Waals surface area contributed by atoms with Gasteiger partial charge in [-0.3, -0.25) is 14.5 Å². The van der Waals surface area contributed by atoms with E-state index < -0.39 is 0 Å². The molecule has 5 nitrogen and oxygen atoms in total. The van der Waals surface area contributed by atoms with Crippen LogP contribution in [0.15, 0.2) is 48.5 Å². The largest absolute Gasteiger partial charge is 0.340 e. The molecule has 4 rings (SSSR count). The number of halogens is 2. The molecule has 1 atom stereocenters. The van der Waals surface area contributed by atoms with E-state index in [1.807, 2.05) is 11.0 Å². The summed E-state index contributed by atoms with van der Waals surface area (Å²) in [5.41, 5.74) is 1.28. The SMILES string of the molecule is O=C(c1ccc(Cl)cc1)N1CCC[C@H](C(=O)N2CCN(Cc3ccccc3F)CC2)C1. The molecule has 31 heavy (non-hydrogen) atoms. The van der Waals surface area contributed by atoms with Crippen molar-refractivity contribution in [3.63, 3.8) is 0 Å². The molecule has 7 heteroatoms. The molecule has 2 aromatic carbocycles. The maximum atomic E-state index is 13.9. The second kappa shape index (κ2) is 9.79. The smallest absolute Gasteiger partial charge is 0.253 e. The lowest BCUT2D eigenvalue weighted by Crippen LogP contribution is -2.52. The van der Waals surface area contributed by atoms with Crippen molar-refractivity contribution in [3.8, 4) is 0 Å². The van der Waals surface area contributed by atoms with Gasteiger partial charge in [-0.05, 0) is 43.2 Å². The summed E-state index contributed by atoms with van der Waals surface area (Å²) in [5, 5.41) is 0.595. The molecule has 164 valence electrons. The Balaban J connectivity index is 1.31. The molecule has 2 aliphatic heterocycles. The van der Waals surface area contributed by atoms with Gasteiger partial charge in [0.1, 0.15) is 5.82 Å². The first-order valence-corrected chi connectivity index (χ1v) is 11.2. The summed E-state index contributed by atoms with van der Waals surface area (Å²) >= 11 is 5.92. The number of hydrogen-bond donors (Lipinski definition) is 0. The highest BCUT2D eigenvalue weighted by atomic mass is 35.5. The maximum Gasteiger partial charge on any atom is 0.253 e. The molecule has 0 radical (unpaired) electrons. The lowest BCUT2D eigenvalue weighted by atomic mass is 9.95. The molecule has 2 fully saturated rings. The summed E-state index contributed by atoms with van der Waals surface area (Å²) < 4.78 is 13.9. The number of piperazine rings is 1. The van der Waals surface area contributed by atoms with Gasteiger partial charge in [0.2, 0.25) is 5.91 Å². The van der Waals surface area contributed by atoms with Crippen LogP contribution in [0.3, 0.4) is 0 Å². The van der Waals surface area contributed by atoms with Crippen molar-refractivity contribution in [1.82, 2.24) is 14.7 Å². The Hall–Kier alpha value is -2.44. The Morgan fingerprint density at radius 3 is 2.35 bits per heavy atom. The van der Waals surface area contributed by atoms with Crippen LogP contribution in [0, 0.1) is 11.7 Å². The average molecular weight is 444 g/mol. The van der Waals surface area contributed by atoms with Crippen LogP contribution in [-0.2, 0) is 11.3 Å². The summed E-state index contributed by atoms with van der Waals surface area (Å²) in [6, 6.07) is 13.7. The van der Waals surface area contributed by atoms with Crippen molar-refractivity contribution in [1.29, 1.82) is 0 Å². The quantitative estimate of drug-likeness (QED) is 0.724. The van der Waals surface area contributed by atoms with Crippen molar-refractivity contribution in [2.45, 2.75) is 19.4 Å². The van der Waals surface area contributed by atoms with Crippen LogP contribution in [0.5, 0.6) is 0 Å². The van der Waals surface area contributed by atoms with Crippen molar-refractivity contribution in [2.75, 3.05) is 39.3 Å². The van der Waals surface area contributed by atoms with Crippen LogP contribution in [0.4, 0.5) is 4.39 Å². The Morgan fingerprint density at radius 2 is 1.65 bits per heavy atom. The van der Waals surface area contributed by atoms with E-state index in [1.54, 1.807) is 41.3 Å². The zero-order valence-corrected chi connectivity index (χ0v) is 18.2. The molecule has 0 aliphatic carbocycles. The fraction of sp³-hybridized carbons (Fsp3) is 0.417. The van der Waals surface area contributed by atoms with Crippen LogP contribution < -0.4 is 0 Å². The first-order valence-electron chi connectivity index (χ1n) is 10.8. The van der Waals surface area contributed by atoms with Crippen LogP contribution in [0.1, 0.15) is 28.8 Å². The maximum absolute atomic E-state index is 13.9. The molecule has 0 aromatic heterocycles. The number of benzene rings is 2. The van der Waals surface area contributed by atoms with Gasteiger partial charge in [-0.2, -0.15) is 0 Å². The highest BCUT2D eigenvalue weighted by Crippen LogP contribution is 2.22. The normalized spacial score (nSPS) is 20.0. The van der Waals surface area contributed by atoms with E-state index in [0.717, 1.165) is 25.9 Å². The lowest BCUT2D eigenvalue weighted by Gasteiger charge is -2.39. The van der Waals surface area contributed by atoms with E-state index in [4.69, 9.17) is 11.6 Å². The number of likely N-dealkylation sites (tertiary alicyclic amines) is 1. The standard InChI is InChI=1S/C24H27ClFN3O2/c25-21-9-7-18(8-10-21)23(30)29-11-3-5-20(17-29)24(31)28-14-12-27(13-15-28)16-19-4-1-2-6-22(19)26/h1-2,4,6-10,20H,3,5,11-17H2/t20-/m0/s1. The molecule has 2 aliphatic rings. The predicted octanol–water partition coefficient (Wildman–Crippen LogP) is 3.68. The van der Waals surface area contributed by atoms with E-state index in [2.05, 4.69) is 4.90 Å². The number of piperidine rings is 1. The van der Waals surface area contributed by atoms with E-state index in [1.165, 1.54) is 6.07 Å². The molecule has 2 heterocycles. The first kappa shape index (κ1) is 21.8. The van der Waals surface area contributed by atoms with Crippen LogP contribution >= 0.6 is 11.6 Å². The summed E-state index contributed by atoms with van der Waals surface area (Å²) in [5.74, 6) is -0.278. The number of rotatable bonds is 4. The molecule has 0 unspecified atom stereocenters. The summed E-state index contributed by atoms with van der Waals surface area (Å²) in [4.78, 5) is 31.8. The fourth-order valence-electron chi connectivity index (χ4n) is 4.39. The summed E-state index contributed by atoms with van der Waals surface area (Å²) in [6.45, 7) is 4.39. The van der Waals surface area contributed by atoms with Crippen LogP contribution in [0.25, 0.3) is 0 Å². The molecule has 2 aromatic rings. The molecule has 2 amide bonds. The number of carbonyl (C=O) groups excluding carboxylic acids is 2. The van der Waals surface area contributed by atoms with Gasteiger partial charge < -0.3 is 9.80 Å². The van der Waals surface area contributed by atoms with Gasteiger partial charge in [-0.15, -0.1) is 0 Å². The second-order valence-electron chi connectivity index (χ2n) is 8.29. The van der Waals surface area contributed by atoms with E-state index in [9.17, 15) is 14.0 Å². The van der Waals surface area contributed by atoms with Gasteiger partial charge in [0.25, 0.3) is 5.91 Å². The third-order valence-electron chi connectivity index (χ3n) is 6.18. The zero-order valence-electron chi connectivity index (χ0n) is 17.5. The minimum atomic E-state index is -0.186. The Kier molecular flexibility index (Phi) is 6.88. The molecule has 0 bridgehead atoms. The molecule has 2 saturated heterocycles. The Labute approximate surface area is 187 Å². The monoisotopic (exact) mass is 443 g/mol. The molecular weight excluding hydrogens is 417 g/mol. The lowest BCUT2D eigenvalue weighted by molar-refractivity contribution is -0.138. The second-order valence-corrected chi connectivity index (χ2v) is 8.73. The van der Waals surface area contributed by atoms with Crippen LogP contribution in [0.2, 0.25) is 5.02 Å². The Bertz CT molecular complexity index is 929. The van der Waals surface area contributed by atoms with Gasteiger partial charge in [-0.1, -0.05) is 29.8 Å². The first-order chi connectivity index (χ1) is 15.0. The summed E-state index contributed by atoms with van der Waals surface area (Å²) in [6.07, 6.45) is 1.63. The van der Waals surface area contributed by atoms with Crippen LogP contribution in [-0.4, -0.2) is 65.8 Å². The van der Waals surface area contributed by atoms with E-state index in [-0.39, 0.29) is 23.5 Å².